The van der Waals surface area contributed by atoms with Crippen LogP contribution in [0.5, 0.6) is 0 Å². The normalized spacial score (nSPS) is 15.3. The second-order valence-electron chi connectivity index (χ2n) is 4.72. The van der Waals surface area contributed by atoms with Crippen molar-refractivity contribution in [1.82, 2.24) is 19.6 Å². The third kappa shape index (κ3) is 1.51. The molecule has 0 spiro atoms. The van der Waals surface area contributed by atoms with Crippen LogP contribution in [0.15, 0.2) is 35.3 Å². The number of hydrogen-bond acceptors (Lipinski definition) is 4. The highest BCUT2D eigenvalue weighted by Crippen LogP contribution is 2.35. The summed E-state index contributed by atoms with van der Waals surface area (Å²) in [4.78, 5) is 8.52. The van der Waals surface area contributed by atoms with Gasteiger partial charge in [0, 0.05) is 0 Å². The van der Waals surface area contributed by atoms with Crippen LogP contribution in [-0.4, -0.2) is 19.6 Å². The molecule has 3 aromatic rings. The molecular weight excluding hydrogens is 228 g/mol. The van der Waals surface area contributed by atoms with Crippen LogP contribution in [0, 0.1) is 5.92 Å². The first-order valence-electron chi connectivity index (χ1n) is 6.13. The molecule has 1 aliphatic carbocycles. The maximum atomic E-state index is 5.56. The van der Waals surface area contributed by atoms with E-state index in [1.165, 1.54) is 19.2 Å². The van der Waals surface area contributed by atoms with Gasteiger partial charge in [0.2, 0.25) is 0 Å². The molecule has 0 saturated heterocycles. The molecule has 1 saturated carbocycles. The zero-order valence-electron chi connectivity index (χ0n) is 9.78. The minimum Gasteiger partial charge on any atom is -0.442 e. The SMILES string of the molecule is c1cc(-c2ocnc2CC2CC2)n2ncnc2c1. The van der Waals surface area contributed by atoms with Crippen molar-refractivity contribution in [3.05, 3.63) is 36.6 Å². The van der Waals surface area contributed by atoms with Gasteiger partial charge in [0.25, 0.3) is 0 Å². The molecule has 0 N–H and O–H groups in total. The Kier molecular flexibility index (Phi) is 2.00. The van der Waals surface area contributed by atoms with Gasteiger partial charge in [-0.25, -0.2) is 14.5 Å². The molecule has 90 valence electrons. The molecule has 0 aromatic carbocycles. The maximum Gasteiger partial charge on any atom is 0.181 e. The van der Waals surface area contributed by atoms with Crippen molar-refractivity contribution >= 4 is 5.65 Å². The number of rotatable bonds is 3. The largest absolute Gasteiger partial charge is 0.442 e. The summed E-state index contributed by atoms with van der Waals surface area (Å²) in [5.41, 5.74) is 2.76. The quantitative estimate of drug-likeness (QED) is 0.705. The summed E-state index contributed by atoms with van der Waals surface area (Å²) in [5.74, 6) is 1.60. The van der Waals surface area contributed by atoms with E-state index in [9.17, 15) is 0 Å². The average molecular weight is 240 g/mol. The Labute approximate surface area is 103 Å². The summed E-state index contributed by atoms with van der Waals surface area (Å²) < 4.78 is 7.35. The Balaban J connectivity index is 1.86. The molecule has 0 radical (unpaired) electrons. The van der Waals surface area contributed by atoms with E-state index in [0.717, 1.165) is 35.1 Å². The molecular formula is C13H12N4O. The first-order valence-corrected chi connectivity index (χ1v) is 6.13. The molecule has 3 heterocycles. The van der Waals surface area contributed by atoms with Gasteiger partial charge in [-0.3, -0.25) is 0 Å². The lowest BCUT2D eigenvalue weighted by atomic mass is 10.1. The highest BCUT2D eigenvalue weighted by atomic mass is 16.3. The van der Waals surface area contributed by atoms with Gasteiger partial charge in [-0.1, -0.05) is 6.07 Å². The summed E-state index contributed by atoms with van der Waals surface area (Å²) in [5, 5.41) is 4.23. The fourth-order valence-electron chi connectivity index (χ4n) is 2.24. The van der Waals surface area contributed by atoms with E-state index in [1.807, 2.05) is 18.2 Å². The van der Waals surface area contributed by atoms with Crippen LogP contribution in [0.1, 0.15) is 18.5 Å². The highest BCUT2D eigenvalue weighted by Gasteiger charge is 2.25. The molecule has 0 atom stereocenters. The van der Waals surface area contributed by atoms with E-state index in [1.54, 1.807) is 10.8 Å². The molecule has 3 aromatic heterocycles. The fraction of sp³-hybridized carbons (Fsp3) is 0.308. The number of fused-ring (bicyclic) bond motifs is 1. The molecule has 4 rings (SSSR count). The minimum absolute atomic E-state index is 0.781. The number of hydrogen-bond donors (Lipinski definition) is 0. The van der Waals surface area contributed by atoms with Crippen molar-refractivity contribution in [3.8, 4) is 11.5 Å². The Morgan fingerprint density at radius 3 is 3.11 bits per heavy atom. The standard InChI is InChI=1S/C13H12N4O/c1-2-11(17-12(3-1)14-7-16-17)13-10(15-8-18-13)6-9-4-5-9/h1-3,7-9H,4-6H2. The average Bonchev–Trinajstić information content (AvgIpc) is 2.91. The highest BCUT2D eigenvalue weighted by molar-refractivity contribution is 5.59. The van der Waals surface area contributed by atoms with E-state index < -0.39 is 0 Å². The maximum absolute atomic E-state index is 5.56. The van der Waals surface area contributed by atoms with Crippen LogP contribution in [0.3, 0.4) is 0 Å². The van der Waals surface area contributed by atoms with E-state index in [4.69, 9.17) is 4.42 Å². The predicted molar refractivity (Wildman–Crippen MR) is 64.9 cm³/mol. The predicted octanol–water partition coefficient (Wildman–Crippen LogP) is 2.34. The lowest BCUT2D eigenvalue weighted by Crippen LogP contribution is -1.96. The third-order valence-corrected chi connectivity index (χ3v) is 3.35. The van der Waals surface area contributed by atoms with Gasteiger partial charge in [0.1, 0.15) is 12.0 Å². The van der Waals surface area contributed by atoms with Crippen molar-refractivity contribution in [2.75, 3.05) is 0 Å². The molecule has 5 heteroatoms. The molecule has 0 amide bonds. The van der Waals surface area contributed by atoms with Crippen molar-refractivity contribution < 1.29 is 4.42 Å². The van der Waals surface area contributed by atoms with Gasteiger partial charge in [-0.15, -0.1) is 0 Å². The Morgan fingerprint density at radius 2 is 2.22 bits per heavy atom. The number of aromatic nitrogens is 4. The Hall–Kier alpha value is -2.17. The molecule has 0 aliphatic heterocycles. The number of nitrogens with zero attached hydrogens (tertiary/aromatic N) is 4. The van der Waals surface area contributed by atoms with Crippen molar-refractivity contribution in [2.24, 2.45) is 5.92 Å². The van der Waals surface area contributed by atoms with Crippen LogP contribution in [-0.2, 0) is 6.42 Å². The molecule has 0 unspecified atom stereocenters. The Bertz CT molecular complexity index is 696. The van der Waals surface area contributed by atoms with Crippen molar-refractivity contribution in [2.45, 2.75) is 19.3 Å². The van der Waals surface area contributed by atoms with Gasteiger partial charge in [-0.2, -0.15) is 5.10 Å². The first-order chi connectivity index (χ1) is 8.92. The lowest BCUT2D eigenvalue weighted by molar-refractivity contribution is 0.566. The molecule has 18 heavy (non-hydrogen) atoms. The van der Waals surface area contributed by atoms with Gasteiger partial charge in [-0.05, 0) is 37.3 Å². The molecule has 1 aliphatic rings. The molecule has 5 nitrogen and oxygen atoms in total. The second-order valence-corrected chi connectivity index (χ2v) is 4.72. The second kappa shape index (κ2) is 3.66. The number of pyridine rings is 1. The smallest absolute Gasteiger partial charge is 0.181 e. The summed E-state index contributed by atoms with van der Waals surface area (Å²) >= 11 is 0. The number of oxazole rings is 1. The van der Waals surface area contributed by atoms with Crippen LogP contribution in [0.2, 0.25) is 0 Å². The zero-order chi connectivity index (χ0) is 11.9. The van der Waals surface area contributed by atoms with Gasteiger partial charge in [0.15, 0.2) is 17.8 Å². The summed E-state index contributed by atoms with van der Waals surface area (Å²) in [6, 6.07) is 5.87. The van der Waals surface area contributed by atoms with E-state index in [-0.39, 0.29) is 0 Å². The summed E-state index contributed by atoms with van der Waals surface area (Å²) in [6.07, 6.45) is 6.68. The van der Waals surface area contributed by atoms with Crippen LogP contribution >= 0.6 is 0 Å². The summed E-state index contributed by atoms with van der Waals surface area (Å²) in [7, 11) is 0. The lowest BCUT2D eigenvalue weighted by Gasteiger charge is -2.02. The van der Waals surface area contributed by atoms with E-state index >= 15 is 0 Å². The van der Waals surface area contributed by atoms with Gasteiger partial charge in [0.05, 0.1) is 5.69 Å². The van der Waals surface area contributed by atoms with Crippen LogP contribution in [0.25, 0.3) is 17.1 Å². The van der Waals surface area contributed by atoms with E-state index in [2.05, 4.69) is 15.1 Å². The first kappa shape index (κ1) is 9.82. The van der Waals surface area contributed by atoms with Gasteiger partial charge >= 0.3 is 0 Å². The van der Waals surface area contributed by atoms with Crippen LogP contribution in [0.4, 0.5) is 0 Å². The van der Waals surface area contributed by atoms with Crippen molar-refractivity contribution in [3.63, 3.8) is 0 Å². The monoisotopic (exact) mass is 240 g/mol. The Morgan fingerprint density at radius 1 is 1.28 bits per heavy atom. The minimum atomic E-state index is 0.781. The van der Waals surface area contributed by atoms with Gasteiger partial charge < -0.3 is 4.42 Å². The third-order valence-electron chi connectivity index (χ3n) is 3.35. The van der Waals surface area contributed by atoms with Crippen LogP contribution < -0.4 is 0 Å². The van der Waals surface area contributed by atoms with Crippen molar-refractivity contribution in [1.29, 1.82) is 0 Å². The van der Waals surface area contributed by atoms with E-state index in [0.29, 0.717) is 0 Å². The zero-order valence-corrected chi connectivity index (χ0v) is 9.78. The fourth-order valence-corrected chi connectivity index (χ4v) is 2.24. The summed E-state index contributed by atoms with van der Waals surface area (Å²) in [6.45, 7) is 0. The molecule has 0 bridgehead atoms. The topological polar surface area (TPSA) is 56.2 Å². The molecule has 1 fully saturated rings.